The summed E-state index contributed by atoms with van der Waals surface area (Å²) >= 11 is 0. The number of sulfone groups is 1. The van der Waals surface area contributed by atoms with Crippen LogP contribution in [-0.2, 0) is 25.8 Å². The summed E-state index contributed by atoms with van der Waals surface area (Å²) in [5, 5.41) is 5.45. The molecule has 7 heteroatoms. The molecule has 0 bridgehead atoms. The van der Waals surface area contributed by atoms with Gasteiger partial charge in [-0.3, -0.25) is 9.59 Å². The molecule has 27 heavy (non-hydrogen) atoms. The zero-order valence-corrected chi connectivity index (χ0v) is 16.4. The fourth-order valence-corrected chi connectivity index (χ4v) is 3.23. The molecule has 0 fully saturated rings. The average molecular weight is 388 g/mol. The van der Waals surface area contributed by atoms with Gasteiger partial charge >= 0.3 is 0 Å². The monoisotopic (exact) mass is 388 g/mol. The first-order valence-electron chi connectivity index (χ1n) is 8.61. The Kier molecular flexibility index (Phi) is 6.74. The molecule has 0 aliphatic heterocycles. The second-order valence-corrected chi connectivity index (χ2v) is 8.76. The van der Waals surface area contributed by atoms with Crippen LogP contribution >= 0.6 is 0 Å². The lowest BCUT2D eigenvalue weighted by atomic mass is 10.0. The number of carbonyl (C=O) groups excluding carboxylic acids is 2. The SMILES string of the molecule is CC(C)C(NC(=O)Cc1ccccc1)C(=O)Nc1cccc(S(C)(=O)=O)c1. The summed E-state index contributed by atoms with van der Waals surface area (Å²) in [5.74, 6) is -0.778. The molecule has 0 spiro atoms. The van der Waals surface area contributed by atoms with Crippen molar-refractivity contribution in [2.45, 2.75) is 31.2 Å². The second kappa shape index (κ2) is 8.81. The van der Waals surface area contributed by atoms with E-state index in [2.05, 4.69) is 10.6 Å². The van der Waals surface area contributed by atoms with E-state index >= 15 is 0 Å². The largest absolute Gasteiger partial charge is 0.344 e. The van der Waals surface area contributed by atoms with Crippen LogP contribution in [0.4, 0.5) is 5.69 Å². The van der Waals surface area contributed by atoms with Gasteiger partial charge in [0.25, 0.3) is 0 Å². The van der Waals surface area contributed by atoms with Crippen molar-refractivity contribution in [3.8, 4) is 0 Å². The third-order valence-corrected chi connectivity index (χ3v) is 5.11. The Balaban J connectivity index is 2.08. The molecule has 2 rings (SSSR count). The van der Waals surface area contributed by atoms with Gasteiger partial charge in [0.2, 0.25) is 11.8 Å². The van der Waals surface area contributed by atoms with Crippen LogP contribution < -0.4 is 10.6 Å². The van der Waals surface area contributed by atoms with E-state index in [0.717, 1.165) is 11.8 Å². The Morgan fingerprint density at radius 3 is 2.26 bits per heavy atom. The first-order valence-corrected chi connectivity index (χ1v) is 10.5. The molecule has 144 valence electrons. The van der Waals surface area contributed by atoms with E-state index in [0.29, 0.717) is 5.69 Å². The minimum absolute atomic E-state index is 0.120. The van der Waals surface area contributed by atoms with E-state index < -0.39 is 21.8 Å². The number of hydrogen-bond donors (Lipinski definition) is 2. The van der Waals surface area contributed by atoms with Crippen LogP contribution in [0.25, 0.3) is 0 Å². The normalized spacial score (nSPS) is 12.4. The highest BCUT2D eigenvalue weighted by Crippen LogP contribution is 2.16. The van der Waals surface area contributed by atoms with Gasteiger partial charge in [-0.25, -0.2) is 8.42 Å². The molecule has 2 amide bonds. The fraction of sp³-hybridized carbons (Fsp3) is 0.300. The lowest BCUT2D eigenvalue weighted by Crippen LogP contribution is -2.47. The predicted molar refractivity (Wildman–Crippen MR) is 105 cm³/mol. The number of rotatable bonds is 7. The summed E-state index contributed by atoms with van der Waals surface area (Å²) in [6.45, 7) is 3.67. The van der Waals surface area contributed by atoms with Crippen LogP contribution in [0, 0.1) is 5.92 Å². The summed E-state index contributed by atoms with van der Waals surface area (Å²) < 4.78 is 23.3. The van der Waals surface area contributed by atoms with Crippen molar-refractivity contribution in [1.29, 1.82) is 0 Å². The molecule has 0 saturated heterocycles. The molecule has 6 nitrogen and oxygen atoms in total. The maximum atomic E-state index is 12.6. The zero-order chi connectivity index (χ0) is 20.0. The zero-order valence-electron chi connectivity index (χ0n) is 15.6. The van der Waals surface area contributed by atoms with Crippen molar-refractivity contribution < 1.29 is 18.0 Å². The summed E-state index contributed by atoms with van der Waals surface area (Å²) in [5.41, 5.74) is 1.23. The maximum Gasteiger partial charge on any atom is 0.247 e. The Morgan fingerprint density at radius 1 is 1.00 bits per heavy atom. The van der Waals surface area contributed by atoms with Crippen molar-refractivity contribution in [2.75, 3.05) is 11.6 Å². The summed E-state index contributed by atoms with van der Waals surface area (Å²) in [7, 11) is -3.37. The second-order valence-electron chi connectivity index (χ2n) is 6.74. The van der Waals surface area contributed by atoms with Gasteiger partial charge in [0.05, 0.1) is 11.3 Å². The van der Waals surface area contributed by atoms with E-state index in [-0.39, 0.29) is 23.1 Å². The molecule has 1 atom stereocenters. The van der Waals surface area contributed by atoms with Crippen molar-refractivity contribution in [3.63, 3.8) is 0 Å². The third kappa shape index (κ3) is 6.21. The number of benzene rings is 2. The number of amides is 2. The van der Waals surface area contributed by atoms with E-state index in [4.69, 9.17) is 0 Å². The van der Waals surface area contributed by atoms with Crippen LogP contribution in [0.2, 0.25) is 0 Å². The first kappa shape index (κ1) is 20.6. The van der Waals surface area contributed by atoms with Crippen molar-refractivity contribution in [1.82, 2.24) is 5.32 Å². The van der Waals surface area contributed by atoms with Gasteiger partial charge in [-0.1, -0.05) is 50.2 Å². The lowest BCUT2D eigenvalue weighted by molar-refractivity contribution is -0.127. The third-order valence-electron chi connectivity index (χ3n) is 4.00. The molecule has 2 aromatic carbocycles. The van der Waals surface area contributed by atoms with Crippen molar-refractivity contribution >= 4 is 27.3 Å². The molecule has 0 aromatic heterocycles. The minimum atomic E-state index is -3.37. The number of carbonyl (C=O) groups is 2. The first-order chi connectivity index (χ1) is 12.7. The molecule has 0 saturated carbocycles. The quantitative estimate of drug-likeness (QED) is 0.762. The highest BCUT2D eigenvalue weighted by atomic mass is 32.2. The Bertz CT molecular complexity index is 909. The molecular weight excluding hydrogens is 364 g/mol. The highest BCUT2D eigenvalue weighted by Gasteiger charge is 2.24. The molecule has 0 aliphatic carbocycles. The Morgan fingerprint density at radius 2 is 1.67 bits per heavy atom. The smallest absolute Gasteiger partial charge is 0.247 e. The molecule has 0 heterocycles. The summed E-state index contributed by atoms with van der Waals surface area (Å²) in [6, 6.07) is 14.6. The highest BCUT2D eigenvalue weighted by molar-refractivity contribution is 7.90. The maximum absolute atomic E-state index is 12.6. The van der Waals surface area contributed by atoms with Crippen LogP contribution in [0.5, 0.6) is 0 Å². The number of nitrogens with one attached hydrogen (secondary N) is 2. The number of hydrogen-bond acceptors (Lipinski definition) is 4. The Labute approximate surface area is 159 Å². The topological polar surface area (TPSA) is 92.3 Å². The van der Waals surface area contributed by atoms with Crippen molar-refractivity contribution in [3.05, 3.63) is 60.2 Å². The molecule has 0 aliphatic rings. The molecular formula is C20H24N2O4S. The van der Waals surface area contributed by atoms with Gasteiger partial charge in [-0.2, -0.15) is 0 Å². The van der Waals surface area contributed by atoms with Gasteiger partial charge in [-0.05, 0) is 29.7 Å². The van der Waals surface area contributed by atoms with Crippen LogP contribution in [0.15, 0.2) is 59.5 Å². The summed E-state index contributed by atoms with van der Waals surface area (Å²) in [6.07, 6.45) is 1.29. The van der Waals surface area contributed by atoms with Crippen molar-refractivity contribution in [2.24, 2.45) is 5.92 Å². The van der Waals surface area contributed by atoms with Gasteiger partial charge in [0.1, 0.15) is 6.04 Å². The minimum Gasteiger partial charge on any atom is -0.344 e. The van der Waals surface area contributed by atoms with E-state index in [9.17, 15) is 18.0 Å². The van der Waals surface area contributed by atoms with Crippen LogP contribution in [0.3, 0.4) is 0 Å². The van der Waals surface area contributed by atoms with Gasteiger partial charge < -0.3 is 10.6 Å². The summed E-state index contributed by atoms with van der Waals surface area (Å²) in [4.78, 5) is 25.0. The Hall–Kier alpha value is -2.67. The standard InChI is InChI=1S/C20H24N2O4S/c1-14(2)19(22-18(23)12-15-8-5-4-6-9-15)20(24)21-16-10-7-11-17(13-16)27(3,25)26/h4-11,13-14,19H,12H2,1-3H3,(H,21,24)(H,22,23). The van der Waals surface area contributed by atoms with Gasteiger partial charge in [0.15, 0.2) is 9.84 Å². The molecule has 0 radical (unpaired) electrons. The van der Waals surface area contributed by atoms with Crippen LogP contribution in [-0.4, -0.2) is 32.5 Å². The molecule has 2 N–H and O–H groups in total. The fourth-order valence-electron chi connectivity index (χ4n) is 2.57. The van der Waals surface area contributed by atoms with Gasteiger partial charge in [0, 0.05) is 11.9 Å². The van der Waals surface area contributed by atoms with E-state index in [1.807, 2.05) is 44.2 Å². The lowest BCUT2D eigenvalue weighted by Gasteiger charge is -2.22. The van der Waals surface area contributed by atoms with E-state index in [1.54, 1.807) is 12.1 Å². The molecule has 1 unspecified atom stereocenters. The number of anilines is 1. The van der Waals surface area contributed by atoms with E-state index in [1.165, 1.54) is 12.1 Å². The predicted octanol–water partition coefficient (Wildman–Crippen LogP) is 2.41. The van der Waals surface area contributed by atoms with Gasteiger partial charge in [-0.15, -0.1) is 0 Å². The average Bonchev–Trinajstić information content (AvgIpc) is 2.59. The molecule has 2 aromatic rings. The van der Waals surface area contributed by atoms with Crippen LogP contribution in [0.1, 0.15) is 19.4 Å².